The molecule has 0 aliphatic carbocycles. The Morgan fingerprint density at radius 1 is 1.21 bits per heavy atom. The molecule has 9 nitrogen and oxygen atoms in total. The molecule has 2 aliphatic heterocycles. The number of hydrogen-bond acceptors (Lipinski definition) is 9. The number of aliphatic hydroxyl groups is 1. The molecule has 0 radical (unpaired) electrons. The number of ether oxygens (including phenoxy) is 2. The first-order valence-electron chi connectivity index (χ1n) is 13.5. The molecule has 3 N–H and O–H groups in total. The van der Waals surface area contributed by atoms with E-state index < -0.39 is 23.3 Å². The molecule has 2 aromatic heterocycles. The minimum atomic E-state index is -0.960. The van der Waals surface area contributed by atoms with E-state index in [-0.39, 0.29) is 76.3 Å². The van der Waals surface area contributed by atoms with Crippen molar-refractivity contribution in [3.05, 3.63) is 41.5 Å². The highest BCUT2D eigenvalue weighted by molar-refractivity contribution is 6.04. The summed E-state index contributed by atoms with van der Waals surface area (Å²) in [6.45, 7) is 1.04. The molecule has 2 saturated heterocycles. The van der Waals surface area contributed by atoms with Crippen LogP contribution < -0.4 is 14.8 Å². The lowest BCUT2D eigenvalue weighted by molar-refractivity contribution is 0.107. The first-order chi connectivity index (χ1) is 20.3. The lowest BCUT2D eigenvalue weighted by atomic mass is 9.95. The summed E-state index contributed by atoms with van der Waals surface area (Å²) in [6, 6.07) is 5.05. The van der Waals surface area contributed by atoms with Crippen molar-refractivity contribution < 1.29 is 32.9 Å². The Morgan fingerprint density at radius 2 is 2.05 bits per heavy atom. The fraction of sp³-hybridized carbons (Fsp3) is 0.367. The minimum absolute atomic E-state index is 0.0292. The third kappa shape index (κ3) is 4.59. The van der Waals surface area contributed by atoms with E-state index in [0.717, 1.165) is 19.4 Å². The van der Waals surface area contributed by atoms with Crippen molar-refractivity contribution in [1.82, 2.24) is 19.9 Å². The van der Waals surface area contributed by atoms with E-state index >= 15 is 4.39 Å². The number of anilines is 1. The van der Waals surface area contributed by atoms with Crippen LogP contribution in [0.2, 0.25) is 0 Å². The fourth-order valence-corrected chi connectivity index (χ4v) is 6.21. The van der Waals surface area contributed by atoms with Crippen LogP contribution in [0.5, 0.6) is 17.6 Å². The van der Waals surface area contributed by atoms with E-state index in [4.69, 9.17) is 15.9 Å². The molecule has 2 fully saturated rings. The zero-order valence-corrected chi connectivity index (χ0v) is 22.8. The number of pyridine rings is 1. The number of benzene rings is 2. The number of terminal acetylenes is 1. The Balaban J connectivity index is 1.54. The number of nitrogens with zero attached hydrogens (tertiary/aromatic N) is 4. The molecule has 42 heavy (non-hydrogen) atoms. The Bertz CT molecular complexity index is 1750. The summed E-state index contributed by atoms with van der Waals surface area (Å²) in [5, 5.41) is 23.5. The lowest BCUT2D eigenvalue weighted by Crippen LogP contribution is -2.43. The Kier molecular flexibility index (Phi) is 7.16. The normalized spacial score (nSPS) is 20.1. The van der Waals surface area contributed by atoms with Crippen LogP contribution in [0.25, 0.3) is 32.9 Å². The number of phenolic OH excluding ortho intramolecular Hbond substituents is 1. The van der Waals surface area contributed by atoms with Crippen molar-refractivity contribution in [2.75, 3.05) is 45.3 Å². The highest BCUT2D eigenvalue weighted by Gasteiger charge is 2.49. The van der Waals surface area contributed by atoms with E-state index in [9.17, 15) is 19.0 Å². The topological polar surface area (TPSA) is 113 Å². The molecule has 12 heteroatoms. The van der Waals surface area contributed by atoms with Crippen LogP contribution in [0.15, 0.2) is 24.3 Å². The van der Waals surface area contributed by atoms with E-state index in [1.165, 1.54) is 31.4 Å². The fourth-order valence-electron chi connectivity index (χ4n) is 6.21. The van der Waals surface area contributed by atoms with Crippen molar-refractivity contribution in [3.63, 3.8) is 0 Å². The van der Waals surface area contributed by atoms with Gasteiger partial charge in [-0.2, -0.15) is 9.97 Å². The van der Waals surface area contributed by atoms with E-state index in [0.29, 0.717) is 18.4 Å². The third-order valence-electron chi connectivity index (χ3n) is 8.01. The van der Waals surface area contributed by atoms with Gasteiger partial charge in [-0.25, -0.2) is 18.2 Å². The summed E-state index contributed by atoms with van der Waals surface area (Å²) < 4.78 is 57.1. The van der Waals surface area contributed by atoms with Crippen LogP contribution in [-0.2, 0) is 0 Å². The maximum Gasteiger partial charge on any atom is 0.319 e. The van der Waals surface area contributed by atoms with Gasteiger partial charge in [0.25, 0.3) is 0 Å². The van der Waals surface area contributed by atoms with Crippen molar-refractivity contribution in [2.45, 2.75) is 31.0 Å². The second-order valence-electron chi connectivity index (χ2n) is 10.5. The number of aromatic nitrogens is 3. The van der Waals surface area contributed by atoms with Crippen molar-refractivity contribution in [3.8, 4) is 41.2 Å². The molecule has 0 saturated carbocycles. The minimum Gasteiger partial charge on any atom is -0.508 e. The van der Waals surface area contributed by atoms with Gasteiger partial charge in [0.1, 0.15) is 46.8 Å². The van der Waals surface area contributed by atoms with Gasteiger partial charge in [-0.3, -0.25) is 4.90 Å². The van der Waals surface area contributed by atoms with Gasteiger partial charge in [-0.1, -0.05) is 12.0 Å². The molecule has 218 valence electrons. The third-order valence-corrected chi connectivity index (χ3v) is 8.01. The van der Waals surface area contributed by atoms with Gasteiger partial charge >= 0.3 is 6.01 Å². The number of aromatic hydroxyl groups is 1. The molecule has 0 spiro atoms. The number of halogens is 3. The Labute approximate surface area is 239 Å². The molecule has 0 bridgehead atoms. The molecular formula is C30H28F3N5O4. The van der Waals surface area contributed by atoms with Gasteiger partial charge < -0.3 is 25.0 Å². The first kappa shape index (κ1) is 27.8. The second kappa shape index (κ2) is 10.8. The first-order valence-corrected chi connectivity index (χ1v) is 13.5. The van der Waals surface area contributed by atoms with Crippen LogP contribution in [0.4, 0.5) is 19.0 Å². The predicted molar refractivity (Wildman–Crippen MR) is 150 cm³/mol. The van der Waals surface area contributed by atoms with Crippen molar-refractivity contribution in [1.29, 1.82) is 0 Å². The van der Waals surface area contributed by atoms with Crippen molar-refractivity contribution in [2.24, 2.45) is 0 Å². The summed E-state index contributed by atoms with van der Waals surface area (Å²) in [5.41, 5.74) is -1.11. The lowest BCUT2D eigenvalue weighted by Gasteiger charge is -2.30. The Morgan fingerprint density at radius 3 is 2.81 bits per heavy atom. The maximum atomic E-state index is 16.5. The monoisotopic (exact) mass is 579 g/mol. The molecule has 4 aromatic rings. The average Bonchev–Trinajstić information content (AvgIpc) is 3.50. The Hall–Kier alpha value is -4.34. The molecule has 0 amide bonds. The zero-order valence-electron chi connectivity index (χ0n) is 22.8. The van der Waals surface area contributed by atoms with Crippen LogP contribution in [-0.4, -0.2) is 81.7 Å². The molecule has 4 heterocycles. The van der Waals surface area contributed by atoms with Gasteiger partial charge in [0.05, 0.1) is 24.8 Å². The van der Waals surface area contributed by atoms with E-state index in [1.807, 2.05) is 0 Å². The molecule has 6 rings (SSSR count). The molecule has 2 aromatic carbocycles. The molecule has 2 aliphatic rings. The summed E-state index contributed by atoms with van der Waals surface area (Å²) in [5.74, 6) is 0.514. The summed E-state index contributed by atoms with van der Waals surface area (Å²) in [4.78, 5) is 15.2. The molecule has 2 atom stereocenters. The number of phenols is 1. The standard InChI is InChI=1S/C30H28F3N5O4/c1-3-19-21(32)6-5-16-11-18(40)12-20(22(16)19)25-24(33)26-23(28(35-25)41-2)27(34-8-10-39)37-29(36-26)42-15-30-7-4-9-38(30)14-17(31)13-30/h1,5-6,11-12,17,39-40H,4,7-10,13-15H2,2H3,(H,34,36,37)/t17-,30+/m1/s1. The summed E-state index contributed by atoms with van der Waals surface area (Å²) >= 11 is 0. The average molecular weight is 580 g/mol. The number of rotatable bonds is 8. The molecular weight excluding hydrogens is 551 g/mol. The quantitative estimate of drug-likeness (QED) is 0.265. The van der Waals surface area contributed by atoms with E-state index in [1.54, 1.807) is 0 Å². The number of hydrogen-bond donors (Lipinski definition) is 3. The van der Waals surface area contributed by atoms with Crippen molar-refractivity contribution >= 4 is 27.5 Å². The zero-order chi connectivity index (χ0) is 29.6. The van der Waals surface area contributed by atoms with Crippen LogP contribution in [0, 0.1) is 24.0 Å². The second-order valence-corrected chi connectivity index (χ2v) is 10.5. The number of fused-ring (bicyclic) bond motifs is 3. The van der Waals surface area contributed by atoms with Gasteiger partial charge in [-0.05, 0) is 43.0 Å². The van der Waals surface area contributed by atoms with Gasteiger partial charge in [0.2, 0.25) is 5.88 Å². The van der Waals surface area contributed by atoms with Crippen LogP contribution in [0.1, 0.15) is 24.8 Å². The summed E-state index contributed by atoms with van der Waals surface area (Å²) in [6.07, 6.45) is 6.65. The maximum absolute atomic E-state index is 16.5. The summed E-state index contributed by atoms with van der Waals surface area (Å²) in [7, 11) is 1.33. The largest absolute Gasteiger partial charge is 0.508 e. The smallest absolute Gasteiger partial charge is 0.319 e. The predicted octanol–water partition coefficient (Wildman–Crippen LogP) is 4.18. The highest BCUT2D eigenvalue weighted by atomic mass is 19.1. The van der Waals surface area contributed by atoms with Gasteiger partial charge in [0, 0.05) is 30.5 Å². The number of methoxy groups -OCH3 is 1. The van der Waals surface area contributed by atoms with Crippen LogP contribution >= 0.6 is 0 Å². The molecule has 0 unspecified atom stereocenters. The number of alkyl halides is 1. The van der Waals surface area contributed by atoms with E-state index in [2.05, 4.69) is 31.1 Å². The van der Waals surface area contributed by atoms with Gasteiger partial charge in [0.15, 0.2) is 5.82 Å². The SMILES string of the molecule is C#Cc1c(F)ccc2cc(O)cc(-c3nc(OC)c4c(NCCO)nc(OC[C@@]56CCCN5C[C@H](F)C6)nc4c3F)c12. The highest BCUT2D eigenvalue weighted by Crippen LogP contribution is 2.42. The van der Waals surface area contributed by atoms with Gasteiger partial charge in [-0.15, -0.1) is 6.42 Å². The van der Waals surface area contributed by atoms with Crippen LogP contribution in [0.3, 0.4) is 0 Å². The number of nitrogens with one attached hydrogen (secondary N) is 1. The number of aliphatic hydroxyl groups excluding tert-OH is 1.